The maximum Gasteiger partial charge on any atom is 0.344 e. The van der Waals surface area contributed by atoms with E-state index in [1.54, 1.807) is 11.1 Å². The zero-order valence-corrected chi connectivity index (χ0v) is 14.2. The Morgan fingerprint density at radius 1 is 1.00 bits per heavy atom. The van der Waals surface area contributed by atoms with E-state index in [0.29, 0.717) is 6.54 Å². The van der Waals surface area contributed by atoms with Crippen LogP contribution >= 0.6 is 22.6 Å². The minimum absolute atomic E-state index is 0.0698. The lowest BCUT2D eigenvalue weighted by atomic mass is 10.2. The van der Waals surface area contributed by atoms with Gasteiger partial charge in [-0.25, -0.2) is 9.80 Å². The van der Waals surface area contributed by atoms with E-state index in [1.165, 1.54) is 5.01 Å². The van der Waals surface area contributed by atoms with E-state index in [-0.39, 0.29) is 6.03 Å². The van der Waals surface area contributed by atoms with Crippen LogP contribution in [0.4, 0.5) is 10.5 Å². The van der Waals surface area contributed by atoms with Crippen molar-refractivity contribution in [2.24, 2.45) is 5.10 Å². The largest absolute Gasteiger partial charge is 0.344 e. The van der Waals surface area contributed by atoms with Gasteiger partial charge >= 0.3 is 6.03 Å². The topological polar surface area (TPSA) is 35.9 Å². The molecule has 0 spiro atoms. The Kier molecular flexibility index (Phi) is 4.72. The van der Waals surface area contributed by atoms with Crippen LogP contribution in [-0.2, 0) is 0 Å². The number of rotatable bonds is 3. The van der Waals surface area contributed by atoms with Crippen LogP contribution in [0.2, 0.25) is 0 Å². The molecule has 2 aromatic carbocycles. The van der Waals surface area contributed by atoms with Crippen molar-refractivity contribution in [2.75, 3.05) is 18.0 Å². The van der Waals surface area contributed by atoms with Crippen LogP contribution in [0.5, 0.6) is 0 Å². The average molecular weight is 405 g/mol. The van der Waals surface area contributed by atoms with Gasteiger partial charge in [0.2, 0.25) is 0 Å². The Morgan fingerprint density at radius 3 is 2.45 bits per heavy atom. The summed E-state index contributed by atoms with van der Waals surface area (Å²) in [6, 6.07) is 17.7. The van der Waals surface area contributed by atoms with Gasteiger partial charge in [-0.05, 0) is 58.8 Å². The Labute approximate surface area is 143 Å². The first-order valence-electron chi connectivity index (χ1n) is 7.18. The van der Waals surface area contributed by atoms with Gasteiger partial charge < -0.3 is 0 Å². The summed E-state index contributed by atoms with van der Waals surface area (Å²) < 4.78 is 1.16. The molecule has 0 N–H and O–H groups in total. The summed E-state index contributed by atoms with van der Waals surface area (Å²) in [5, 5.41) is 5.88. The molecular formula is C17H16IN3O. The minimum atomic E-state index is -0.0698. The van der Waals surface area contributed by atoms with Gasteiger partial charge in [-0.15, -0.1) is 0 Å². The molecule has 0 aromatic heterocycles. The lowest BCUT2D eigenvalue weighted by Crippen LogP contribution is -2.47. The highest BCUT2D eigenvalue weighted by molar-refractivity contribution is 14.1. The molecule has 2 aromatic rings. The molecule has 112 valence electrons. The third-order valence-corrected chi connectivity index (χ3v) is 4.21. The van der Waals surface area contributed by atoms with Gasteiger partial charge in [0.05, 0.1) is 6.21 Å². The highest BCUT2D eigenvalue weighted by Crippen LogP contribution is 2.21. The standard InChI is InChI=1S/C17H16IN3O/c18-15-7-9-16(10-8-15)20-11-4-12-21(17(20)22)19-13-14-5-2-1-3-6-14/h1-3,5-10,13H,4,11-12H2. The summed E-state index contributed by atoms with van der Waals surface area (Å²) in [5.74, 6) is 0. The van der Waals surface area contributed by atoms with Crippen molar-refractivity contribution in [3.8, 4) is 0 Å². The average Bonchev–Trinajstić information content (AvgIpc) is 2.56. The molecule has 0 radical (unpaired) electrons. The van der Waals surface area contributed by atoms with Gasteiger partial charge in [-0.1, -0.05) is 30.3 Å². The number of carbonyl (C=O) groups excluding carboxylic acids is 1. The predicted molar refractivity (Wildman–Crippen MR) is 97.3 cm³/mol. The van der Waals surface area contributed by atoms with Crippen LogP contribution in [0, 0.1) is 3.57 Å². The van der Waals surface area contributed by atoms with Crippen molar-refractivity contribution in [2.45, 2.75) is 6.42 Å². The molecule has 1 aliphatic rings. The minimum Gasteiger partial charge on any atom is -0.293 e. The van der Waals surface area contributed by atoms with Crippen molar-refractivity contribution < 1.29 is 4.79 Å². The Bertz CT molecular complexity index is 670. The molecule has 1 aliphatic heterocycles. The number of urea groups is 1. The van der Waals surface area contributed by atoms with Gasteiger partial charge in [0, 0.05) is 22.3 Å². The molecule has 0 unspecified atom stereocenters. The lowest BCUT2D eigenvalue weighted by molar-refractivity contribution is 0.198. The molecule has 0 bridgehead atoms. The van der Waals surface area contributed by atoms with Crippen molar-refractivity contribution in [1.82, 2.24) is 5.01 Å². The molecule has 0 aliphatic carbocycles. The van der Waals surface area contributed by atoms with Crippen LogP contribution in [-0.4, -0.2) is 30.3 Å². The molecule has 1 saturated heterocycles. The van der Waals surface area contributed by atoms with E-state index in [0.717, 1.165) is 27.8 Å². The quantitative estimate of drug-likeness (QED) is 0.563. The monoisotopic (exact) mass is 405 g/mol. The number of carbonyl (C=O) groups is 1. The van der Waals surface area contributed by atoms with Gasteiger partial charge in [0.1, 0.15) is 0 Å². The Morgan fingerprint density at radius 2 is 1.73 bits per heavy atom. The van der Waals surface area contributed by atoms with Crippen LogP contribution in [0.15, 0.2) is 59.7 Å². The molecule has 1 fully saturated rings. The molecule has 0 saturated carbocycles. The maximum atomic E-state index is 12.6. The summed E-state index contributed by atoms with van der Waals surface area (Å²) in [6.45, 7) is 1.39. The molecule has 4 nitrogen and oxygen atoms in total. The van der Waals surface area contributed by atoms with E-state index < -0.39 is 0 Å². The molecule has 2 amide bonds. The number of hydrogen-bond donors (Lipinski definition) is 0. The predicted octanol–water partition coefficient (Wildman–Crippen LogP) is 3.96. The van der Waals surface area contributed by atoms with Gasteiger partial charge in [-0.3, -0.25) is 4.90 Å². The number of hydrazone groups is 1. The highest BCUT2D eigenvalue weighted by Gasteiger charge is 2.26. The fourth-order valence-corrected chi connectivity index (χ4v) is 2.71. The fourth-order valence-electron chi connectivity index (χ4n) is 2.35. The van der Waals surface area contributed by atoms with Gasteiger partial charge in [-0.2, -0.15) is 5.10 Å². The third-order valence-electron chi connectivity index (χ3n) is 3.49. The summed E-state index contributed by atoms with van der Waals surface area (Å²) in [4.78, 5) is 14.3. The highest BCUT2D eigenvalue weighted by atomic mass is 127. The van der Waals surface area contributed by atoms with E-state index in [1.807, 2.05) is 54.6 Å². The number of nitrogens with zero attached hydrogens (tertiary/aromatic N) is 3. The summed E-state index contributed by atoms with van der Waals surface area (Å²) in [5.41, 5.74) is 1.91. The van der Waals surface area contributed by atoms with E-state index in [9.17, 15) is 4.79 Å². The van der Waals surface area contributed by atoms with Crippen molar-refractivity contribution in [1.29, 1.82) is 0 Å². The van der Waals surface area contributed by atoms with Crippen molar-refractivity contribution in [3.05, 3.63) is 63.7 Å². The number of halogens is 1. The Balaban J connectivity index is 1.75. The number of hydrogen-bond acceptors (Lipinski definition) is 2. The number of benzene rings is 2. The zero-order chi connectivity index (χ0) is 15.4. The van der Waals surface area contributed by atoms with Crippen LogP contribution < -0.4 is 4.90 Å². The summed E-state index contributed by atoms with van der Waals surface area (Å²) >= 11 is 2.26. The Hall–Kier alpha value is -1.89. The number of anilines is 1. The second-order valence-corrected chi connectivity index (χ2v) is 6.29. The summed E-state index contributed by atoms with van der Waals surface area (Å²) in [7, 11) is 0. The summed E-state index contributed by atoms with van der Waals surface area (Å²) in [6.07, 6.45) is 2.64. The first-order chi connectivity index (χ1) is 10.7. The first-order valence-corrected chi connectivity index (χ1v) is 8.25. The second-order valence-electron chi connectivity index (χ2n) is 5.04. The van der Waals surface area contributed by atoms with Crippen LogP contribution in [0.25, 0.3) is 0 Å². The maximum absolute atomic E-state index is 12.6. The normalized spacial score (nSPS) is 15.6. The van der Waals surface area contributed by atoms with Crippen molar-refractivity contribution >= 4 is 40.5 Å². The second kappa shape index (κ2) is 6.91. The molecular weight excluding hydrogens is 389 g/mol. The van der Waals surface area contributed by atoms with E-state index >= 15 is 0 Å². The van der Waals surface area contributed by atoms with E-state index in [2.05, 4.69) is 27.7 Å². The van der Waals surface area contributed by atoms with Crippen LogP contribution in [0.3, 0.4) is 0 Å². The van der Waals surface area contributed by atoms with E-state index in [4.69, 9.17) is 0 Å². The lowest BCUT2D eigenvalue weighted by Gasteiger charge is -2.32. The first kappa shape index (κ1) is 15.0. The molecule has 3 rings (SSSR count). The SMILES string of the molecule is O=C1N(N=Cc2ccccc2)CCCN1c1ccc(I)cc1. The fraction of sp³-hybridized carbons (Fsp3) is 0.176. The molecule has 5 heteroatoms. The zero-order valence-electron chi connectivity index (χ0n) is 12.0. The van der Waals surface area contributed by atoms with Gasteiger partial charge in [0.15, 0.2) is 0 Å². The molecule has 0 atom stereocenters. The van der Waals surface area contributed by atoms with Gasteiger partial charge in [0.25, 0.3) is 0 Å². The van der Waals surface area contributed by atoms with Crippen molar-refractivity contribution in [3.63, 3.8) is 0 Å². The smallest absolute Gasteiger partial charge is 0.293 e. The third kappa shape index (κ3) is 3.47. The number of amides is 2. The molecule has 1 heterocycles. The molecule has 22 heavy (non-hydrogen) atoms. The van der Waals surface area contributed by atoms with Crippen LogP contribution in [0.1, 0.15) is 12.0 Å².